The second kappa shape index (κ2) is 10.9. The number of fused-ring (bicyclic) bond motifs is 1. The highest BCUT2D eigenvalue weighted by Crippen LogP contribution is 2.29. The maximum Gasteiger partial charge on any atom is 0.276 e. The maximum absolute atomic E-state index is 13.2. The number of carbonyl (C=O) groups is 2. The molecule has 1 fully saturated rings. The van der Waals surface area contributed by atoms with Gasteiger partial charge in [0, 0.05) is 25.6 Å². The number of carbonyl (C=O) groups excluding carboxylic acids is 2. The molecule has 0 aliphatic carbocycles. The number of amides is 2. The second-order valence-corrected chi connectivity index (χ2v) is 9.23. The fourth-order valence-corrected chi connectivity index (χ4v) is 4.81. The van der Waals surface area contributed by atoms with Gasteiger partial charge in [0.05, 0.1) is 26.0 Å². The molecule has 2 aliphatic rings. The minimum Gasteiger partial charge on any atom is -0.497 e. The lowest BCUT2D eigenvalue weighted by Crippen LogP contribution is -2.43. The van der Waals surface area contributed by atoms with Crippen LogP contribution in [0.2, 0.25) is 0 Å². The Labute approximate surface area is 210 Å². The number of hydrogen-bond donors (Lipinski definition) is 1. The average Bonchev–Trinajstić information content (AvgIpc) is 3.36. The second-order valence-electron chi connectivity index (χ2n) is 9.23. The highest BCUT2D eigenvalue weighted by atomic mass is 16.5. The zero-order chi connectivity index (χ0) is 24.9. The zero-order valence-electron chi connectivity index (χ0n) is 20.4. The Kier molecular flexibility index (Phi) is 7.27. The van der Waals surface area contributed by atoms with Crippen molar-refractivity contribution >= 4 is 11.8 Å². The SMILES string of the molecule is COc1ccc([C@@H]2Cn3nnc(C(=O)N4CCC(C(=O)NCCc5ccccc5)CC4)c3CO2)cc1. The Morgan fingerprint density at radius 1 is 1.08 bits per heavy atom. The molecule has 9 nitrogen and oxygen atoms in total. The van der Waals surface area contributed by atoms with Crippen molar-refractivity contribution in [3.63, 3.8) is 0 Å². The molecule has 0 radical (unpaired) electrons. The Bertz CT molecular complexity index is 1190. The first-order chi connectivity index (χ1) is 17.6. The molecule has 1 aromatic heterocycles. The van der Waals surface area contributed by atoms with Crippen molar-refractivity contribution < 1.29 is 19.1 Å². The van der Waals surface area contributed by atoms with Crippen LogP contribution in [0.1, 0.15) is 46.3 Å². The molecule has 0 spiro atoms. The molecule has 3 heterocycles. The predicted molar refractivity (Wildman–Crippen MR) is 132 cm³/mol. The van der Waals surface area contributed by atoms with Gasteiger partial charge >= 0.3 is 0 Å². The molecule has 3 aromatic rings. The number of piperidine rings is 1. The van der Waals surface area contributed by atoms with E-state index in [9.17, 15) is 9.59 Å². The number of aromatic nitrogens is 3. The number of likely N-dealkylation sites (tertiary alicyclic amines) is 1. The third-order valence-corrected chi connectivity index (χ3v) is 7.00. The van der Waals surface area contributed by atoms with Gasteiger partial charge in [0.1, 0.15) is 11.9 Å². The topological polar surface area (TPSA) is 98.6 Å². The molecule has 0 saturated carbocycles. The summed E-state index contributed by atoms with van der Waals surface area (Å²) in [5.41, 5.74) is 3.27. The summed E-state index contributed by atoms with van der Waals surface area (Å²) in [6, 6.07) is 17.9. The minimum atomic E-state index is -0.163. The molecule has 0 bridgehead atoms. The van der Waals surface area contributed by atoms with E-state index in [0.717, 1.165) is 17.7 Å². The minimum absolute atomic E-state index is 0.0667. The van der Waals surface area contributed by atoms with E-state index in [1.165, 1.54) is 5.56 Å². The molecule has 1 saturated heterocycles. The van der Waals surface area contributed by atoms with Crippen LogP contribution >= 0.6 is 0 Å². The smallest absolute Gasteiger partial charge is 0.276 e. The molecule has 188 valence electrons. The highest BCUT2D eigenvalue weighted by Gasteiger charge is 2.33. The summed E-state index contributed by atoms with van der Waals surface area (Å²) in [7, 11) is 1.64. The standard InChI is InChI=1S/C27H31N5O4/c1-35-22-9-7-20(8-10-22)24-17-32-23(18-36-24)25(29-30-32)27(34)31-15-12-21(13-16-31)26(33)28-14-11-19-5-3-2-4-6-19/h2-10,21,24H,11-18H2,1H3,(H,28,33)/t24-/m0/s1. The lowest BCUT2D eigenvalue weighted by Gasteiger charge is -2.31. The predicted octanol–water partition coefficient (Wildman–Crippen LogP) is 2.77. The summed E-state index contributed by atoms with van der Waals surface area (Å²) >= 11 is 0. The first-order valence-electron chi connectivity index (χ1n) is 12.4. The van der Waals surface area contributed by atoms with Gasteiger partial charge in [0.15, 0.2) is 5.69 Å². The van der Waals surface area contributed by atoms with Gasteiger partial charge in [-0.05, 0) is 42.5 Å². The van der Waals surface area contributed by atoms with Crippen LogP contribution in [0.15, 0.2) is 54.6 Å². The molecule has 0 unspecified atom stereocenters. The lowest BCUT2D eigenvalue weighted by molar-refractivity contribution is -0.126. The van der Waals surface area contributed by atoms with Crippen LogP contribution in [0.5, 0.6) is 5.75 Å². The molecular formula is C27H31N5O4. The number of rotatable bonds is 7. The first-order valence-corrected chi connectivity index (χ1v) is 12.4. The monoisotopic (exact) mass is 489 g/mol. The van der Waals surface area contributed by atoms with Crippen LogP contribution in [0.4, 0.5) is 0 Å². The summed E-state index contributed by atoms with van der Waals surface area (Å²) in [4.78, 5) is 27.6. The number of benzene rings is 2. The molecule has 1 N–H and O–H groups in total. The maximum atomic E-state index is 13.2. The van der Waals surface area contributed by atoms with Crippen molar-refractivity contribution in [2.75, 3.05) is 26.7 Å². The van der Waals surface area contributed by atoms with E-state index in [1.54, 1.807) is 16.7 Å². The van der Waals surface area contributed by atoms with E-state index < -0.39 is 0 Å². The quantitative estimate of drug-likeness (QED) is 0.548. The summed E-state index contributed by atoms with van der Waals surface area (Å²) in [6.07, 6.45) is 1.93. The van der Waals surface area contributed by atoms with Crippen LogP contribution in [0, 0.1) is 5.92 Å². The van der Waals surface area contributed by atoms with E-state index in [1.807, 2.05) is 42.5 Å². The molecule has 2 aliphatic heterocycles. The Balaban J connectivity index is 1.12. The molecule has 9 heteroatoms. The normalized spacial score (nSPS) is 17.9. The van der Waals surface area contributed by atoms with E-state index in [-0.39, 0.29) is 30.4 Å². The Hall–Kier alpha value is -3.72. The summed E-state index contributed by atoms with van der Waals surface area (Å²) in [5.74, 6) is 0.632. The van der Waals surface area contributed by atoms with Gasteiger partial charge < -0.3 is 19.7 Å². The third kappa shape index (κ3) is 5.26. The van der Waals surface area contributed by atoms with Crippen LogP contribution in [0.3, 0.4) is 0 Å². The van der Waals surface area contributed by atoms with Crippen LogP contribution in [0.25, 0.3) is 0 Å². The van der Waals surface area contributed by atoms with E-state index in [2.05, 4.69) is 27.8 Å². The van der Waals surface area contributed by atoms with Crippen molar-refractivity contribution in [3.05, 3.63) is 77.1 Å². The first kappa shape index (κ1) is 24.0. The number of methoxy groups -OCH3 is 1. The fourth-order valence-electron chi connectivity index (χ4n) is 4.81. The molecule has 1 atom stereocenters. The molecule has 2 aromatic carbocycles. The van der Waals surface area contributed by atoms with Crippen molar-refractivity contribution in [2.24, 2.45) is 5.92 Å². The zero-order valence-corrected chi connectivity index (χ0v) is 20.4. The summed E-state index contributed by atoms with van der Waals surface area (Å²) in [5, 5.41) is 11.5. The van der Waals surface area contributed by atoms with E-state index >= 15 is 0 Å². The van der Waals surface area contributed by atoms with Crippen LogP contribution in [-0.4, -0.2) is 58.5 Å². The van der Waals surface area contributed by atoms with E-state index in [4.69, 9.17) is 9.47 Å². The number of nitrogens with one attached hydrogen (secondary N) is 1. The van der Waals surface area contributed by atoms with Crippen LogP contribution in [-0.2, 0) is 29.1 Å². The Morgan fingerprint density at radius 2 is 1.83 bits per heavy atom. The van der Waals surface area contributed by atoms with Gasteiger partial charge in [-0.2, -0.15) is 0 Å². The van der Waals surface area contributed by atoms with Gasteiger partial charge in [-0.25, -0.2) is 4.68 Å². The third-order valence-electron chi connectivity index (χ3n) is 7.00. The lowest BCUT2D eigenvalue weighted by atomic mass is 9.95. The van der Waals surface area contributed by atoms with Gasteiger partial charge in [-0.1, -0.05) is 47.7 Å². The molecular weight excluding hydrogens is 458 g/mol. The van der Waals surface area contributed by atoms with E-state index in [0.29, 0.717) is 50.4 Å². The van der Waals surface area contributed by atoms with Crippen molar-refractivity contribution in [3.8, 4) is 5.75 Å². The highest BCUT2D eigenvalue weighted by molar-refractivity contribution is 5.93. The van der Waals surface area contributed by atoms with Crippen molar-refractivity contribution in [1.82, 2.24) is 25.2 Å². The number of nitrogens with zero attached hydrogens (tertiary/aromatic N) is 4. The van der Waals surface area contributed by atoms with Gasteiger partial charge in [0.2, 0.25) is 5.91 Å². The molecule has 2 amide bonds. The van der Waals surface area contributed by atoms with Crippen molar-refractivity contribution in [1.29, 1.82) is 0 Å². The van der Waals surface area contributed by atoms with Gasteiger partial charge in [-0.15, -0.1) is 5.10 Å². The summed E-state index contributed by atoms with van der Waals surface area (Å²) < 4.78 is 13.0. The van der Waals surface area contributed by atoms with Crippen LogP contribution < -0.4 is 10.1 Å². The van der Waals surface area contributed by atoms with Gasteiger partial charge in [0.25, 0.3) is 5.91 Å². The van der Waals surface area contributed by atoms with Crippen molar-refractivity contribution in [2.45, 2.75) is 38.5 Å². The Morgan fingerprint density at radius 3 is 2.56 bits per heavy atom. The van der Waals surface area contributed by atoms with Gasteiger partial charge in [-0.3, -0.25) is 9.59 Å². The fraction of sp³-hybridized carbons (Fsp3) is 0.407. The molecule has 36 heavy (non-hydrogen) atoms. The summed E-state index contributed by atoms with van der Waals surface area (Å²) in [6.45, 7) is 2.43. The average molecular weight is 490 g/mol. The molecule has 5 rings (SSSR count). The largest absolute Gasteiger partial charge is 0.497 e. The number of ether oxygens (including phenoxy) is 2. The number of hydrogen-bond acceptors (Lipinski definition) is 6.